The molecule has 0 heterocycles. The number of nitrogens with one attached hydrogen (secondary N) is 1. The zero-order valence-electron chi connectivity index (χ0n) is 12.7. The van der Waals surface area contributed by atoms with E-state index in [-0.39, 0.29) is 5.91 Å². The highest BCUT2D eigenvalue weighted by atomic mass is 35.5. The molecule has 0 aromatic heterocycles. The predicted octanol–water partition coefficient (Wildman–Crippen LogP) is 5.62. The van der Waals surface area contributed by atoms with Crippen molar-refractivity contribution in [1.82, 2.24) is 0 Å². The van der Waals surface area contributed by atoms with Gasteiger partial charge in [0.1, 0.15) is 5.75 Å². The molecule has 2 rings (SSSR count). The summed E-state index contributed by atoms with van der Waals surface area (Å²) in [7, 11) is 0. The van der Waals surface area contributed by atoms with Crippen LogP contribution in [0.5, 0.6) is 5.75 Å². The van der Waals surface area contributed by atoms with Crippen molar-refractivity contribution in [2.75, 3.05) is 5.32 Å². The number of benzene rings is 2. The van der Waals surface area contributed by atoms with Crippen LogP contribution in [-0.4, -0.2) is 12.0 Å². The highest BCUT2D eigenvalue weighted by molar-refractivity contribution is 6.44. The van der Waals surface area contributed by atoms with E-state index in [0.717, 1.165) is 6.42 Å². The first kappa shape index (κ1) is 17.9. The Morgan fingerprint density at radius 3 is 2.30 bits per heavy atom. The van der Waals surface area contributed by atoms with Crippen LogP contribution in [0.1, 0.15) is 19.4 Å². The summed E-state index contributed by atoms with van der Waals surface area (Å²) in [6, 6.07) is 10.6. The molecule has 0 aliphatic rings. The van der Waals surface area contributed by atoms with Gasteiger partial charge in [-0.1, -0.05) is 53.9 Å². The largest absolute Gasteiger partial charge is 0.481 e. The Morgan fingerprint density at radius 2 is 1.70 bits per heavy atom. The highest BCUT2D eigenvalue weighted by Crippen LogP contribution is 2.32. The van der Waals surface area contributed by atoms with Crippen LogP contribution in [0.15, 0.2) is 36.4 Å². The summed E-state index contributed by atoms with van der Waals surface area (Å²) >= 11 is 17.8. The van der Waals surface area contributed by atoms with E-state index < -0.39 is 6.10 Å². The number of carbonyl (C=O) groups excluding carboxylic acids is 1. The Hall–Kier alpha value is -1.42. The van der Waals surface area contributed by atoms with Crippen molar-refractivity contribution in [2.24, 2.45) is 0 Å². The summed E-state index contributed by atoms with van der Waals surface area (Å²) in [4.78, 5) is 12.2. The second-order valence-electron chi connectivity index (χ2n) is 4.99. The molecule has 1 unspecified atom stereocenters. The monoisotopic (exact) mass is 371 g/mol. The summed E-state index contributed by atoms with van der Waals surface area (Å²) in [5.74, 6) is 0.301. The average molecular weight is 373 g/mol. The third kappa shape index (κ3) is 4.77. The number of hydrogen-bond donors (Lipinski definition) is 1. The van der Waals surface area contributed by atoms with Gasteiger partial charge in [-0.2, -0.15) is 0 Å². The number of rotatable bonds is 5. The fraction of sp³-hybridized carbons (Fsp3) is 0.235. The Labute approximate surface area is 150 Å². The minimum absolute atomic E-state index is 0.312. The van der Waals surface area contributed by atoms with Gasteiger partial charge in [0.15, 0.2) is 6.10 Å². The lowest BCUT2D eigenvalue weighted by atomic mass is 10.2. The van der Waals surface area contributed by atoms with E-state index in [0.29, 0.717) is 26.5 Å². The second kappa shape index (κ2) is 7.91. The molecule has 0 saturated carbocycles. The van der Waals surface area contributed by atoms with Crippen molar-refractivity contribution in [2.45, 2.75) is 26.4 Å². The smallest absolute Gasteiger partial charge is 0.265 e. The number of aryl methyl sites for hydroxylation is 1. The van der Waals surface area contributed by atoms with Crippen molar-refractivity contribution in [3.05, 3.63) is 57.0 Å². The molecular weight excluding hydrogens is 357 g/mol. The fourth-order valence-electron chi connectivity index (χ4n) is 1.91. The summed E-state index contributed by atoms with van der Waals surface area (Å²) in [5, 5.41) is 3.64. The molecule has 0 fully saturated rings. The van der Waals surface area contributed by atoms with Gasteiger partial charge in [-0.05, 0) is 43.2 Å². The Balaban J connectivity index is 2.03. The molecule has 6 heteroatoms. The van der Waals surface area contributed by atoms with Crippen molar-refractivity contribution >= 4 is 46.4 Å². The topological polar surface area (TPSA) is 38.3 Å². The van der Waals surface area contributed by atoms with Crippen molar-refractivity contribution < 1.29 is 9.53 Å². The number of amides is 1. The number of halogens is 3. The van der Waals surface area contributed by atoms with E-state index in [1.807, 2.05) is 24.3 Å². The van der Waals surface area contributed by atoms with Gasteiger partial charge in [0.2, 0.25) is 0 Å². The normalized spacial score (nSPS) is 11.9. The van der Waals surface area contributed by atoms with Crippen LogP contribution < -0.4 is 10.1 Å². The van der Waals surface area contributed by atoms with Crippen LogP contribution >= 0.6 is 34.8 Å². The summed E-state index contributed by atoms with van der Waals surface area (Å²) in [6.45, 7) is 3.74. The molecule has 2 aromatic carbocycles. The molecule has 0 bridgehead atoms. The van der Waals surface area contributed by atoms with Crippen molar-refractivity contribution in [3.8, 4) is 5.75 Å². The van der Waals surface area contributed by atoms with Crippen LogP contribution in [0, 0.1) is 0 Å². The molecule has 0 aliphatic carbocycles. The Morgan fingerprint density at radius 1 is 1.09 bits per heavy atom. The van der Waals surface area contributed by atoms with E-state index in [1.54, 1.807) is 6.92 Å². The van der Waals surface area contributed by atoms with Crippen LogP contribution in [0.2, 0.25) is 15.1 Å². The van der Waals surface area contributed by atoms with E-state index >= 15 is 0 Å². The van der Waals surface area contributed by atoms with Crippen molar-refractivity contribution in [3.63, 3.8) is 0 Å². The molecule has 3 nitrogen and oxygen atoms in total. The third-order valence-corrected chi connectivity index (χ3v) is 4.32. The van der Waals surface area contributed by atoms with E-state index in [1.165, 1.54) is 17.7 Å². The fourth-order valence-corrected chi connectivity index (χ4v) is 2.51. The van der Waals surface area contributed by atoms with Crippen LogP contribution in [0.25, 0.3) is 0 Å². The third-order valence-electron chi connectivity index (χ3n) is 3.28. The quantitative estimate of drug-likeness (QED) is 0.692. The molecule has 23 heavy (non-hydrogen) atoms. The van der Waals surface area contributed by atoms with Crippen LogP contribution in [-0.2, 0) is 11.2 Å². The predicted molar refractivity (Wildman–Crippen MR) is 96.0 cm³/mol. The maximum atomic E-state index is 12.2. The molecule has 1 N–H and O–H groups in total. The molecule has 0 spiro atoms. The van der Waals surface area contributed by atoms with Gasteiger partial charge in [-0.25, -0.2) is 0 Å². The minimum atomic E-state index is -0.687. The second-order valence-corrected chi connectivity index (χ2v) is 6.21. The first-order chi connectivity index (χ1) is 10.9. The van der Waals surface area contributed by atoms with Gasteiger partial charge in [0.05, 0.1) is 20.8 Å². The molecule has 122 valence electrons. The Bertz CT molecular complexity index is 702. The SMILES string of the molecule is CCc1ccc(OC(C)C(=O)Nc2cc(Cl)c(Cl)cc2Cl)cc1. The number of ether oxygens (including phenoxy) is 1. The minimum Gasteiger partial charge on any atom is -0.481 e. The number of anilines is 1. The molecule has 0 aliphatic heterocycles. The molecule has 0 saturated heterocycles. The highest BCUT2D eigenvalue weighted by Gasteiger charge is 2.17. The number of hydrogen-bond acceptors (Lipinski definition) is 2. The van der Waals surface area contributed by atoms with Gasteiger partial charge >= 0.3 is 0 Å². The standard InChI is InChI=1S/C17H16Cl3NO2/c1-3-11-4-6-12(7-5-11)23-10(2)17(22)21-16-9-14(19)13(18)8-15(16)20/h4-10H,3H2,1-2H3,(H,21,22). The lowest BCUT2D eigenvalue weighted by Crippen LogP contribution is -2.30. The van der Waals surface area contributed by atoms with Gasteiger partial charge in [-0.15, -0.1) is 0 Å². The van der Waals surface area contributed by atoms with Gasteiger partial charge in [0, 0.05) is 0 Å². The molecule has 1 atom stereocenters. The van der Waals surface area contributed by atoms with E-state index in [9.17, 15) is 4.79 Å². The molecular formula is C17H16Cl3NO2. The van der Waals surface area contributed by atoms with Gasteiger partial charge in [-0.3, -0.25) is 4.79 Å². The zero-order chi connectivity index (χ0) is 17.0. The lowest BCUT2D eigenvalue weighted by molar-refractivity contribution is -0.122. The van der Waals surface area contributed by atoms with Crippen LogP contribution in [0.3, 0.4) is 0 Å². The lowest BCUT2D eigenvalue weighted by Gasteiger charge is -2.16. The Kier molecular flexibility index (Phi) is 6.17. The molecule has 1 amide bonds. The first-order valence-electron chi connectivity index (χ1n) is 7.11. The first-order valence-corrected chi connectivity index (χ1v) is 8.25. The maximum absolute atomic E-state index is 12.2. The zero-order valence-corrected chi connectivity index (χ0v) is 15.0. The summed E-state index contributed by atoms with van der Waals surface area (Å²) in [6.07, 6.45) is 0.264. The molecule has 0 radical (unpaired) electrons. The average Bonchev–Trinajstić information content (AvgIpc) is 2.53. The molecule has 2 aromatic rings. The summed E-state index contributed by atoms with van der Waals surface area (Å²) < 4.78 is 5.63. The number of carbonyl (C=O) groups is 1. The van der Waals surface area contributed by atoms with E-state index in [4.69, 9.17) is 39.5 Å². The van der Waals surface area contributed by atoms with Crippen LogP contribution in [0.4, 0.5) is 5.69 Å². The summed E-state index contributed by atoms with van der Waals surface area (Å²) in [5.41, 5.74) is 1.60. The van der Waals surface area contributed by atoms with Gasteiger partial charge in [0.25, 0.3) is 5.91 Å². The van der Waals surface area contributed by atoms with E-state index in [2.05, 4.69) is 12.2 Å². The van der Waals surface area contributed by atoms with Gasteiger partial charge < -0.3 is 10.1 Å². The van der Waals surface area contributed by atoms with Crippen molar-refractivity contribution in [1.29, 1.82) is 0 Å². The maximum Gasteiger partial charge on any atom is 0.265 e.